The van der Waals surface area contributed by atoms with E-state index in [1.165, 1.54) is 5.56 Å². The summed E-state index contributed by atoms with van der Waals surface area (Å²) in [6, 6.07) is 14.3. The molecule has 20 heavy (non-hydrogen) atoms. The number of rotatable bonds is 3. The molecule has 2 N–H and O–H groups in total. The van der Waals surface area contributed by atoms with Crippen molar-refractivity contribution in [1.82, 2.24) is 10.4 Å². The highest BCUT2D eigenvalue weighted by molar-refractivity contribution is 5.90. The van der Waals surface area contributed by atoms with Gasteiger partial charge >= 0.3 is 0 Å². The Balaban J connectivity index is 0.000001000. The Morgan fingerprint density at radius 1 is 0.850 bits per heavy atom. The maximum atomic E-state index is 4.54. The highest BCUT2D eigenvalue weighted by atomic mass is 35.5. The first-order valence-electron chi connectivity index (χ1n) is 6.00. The van der Waals surface area contributed by atoms with Gasteiger partial charge in [-0.1, -0.05) is 30.3 Å². The second-order valence-corrected chi connectivity index (χ2v) is 4.17. The van der Waals surface area contributed by atoms with Gasteiger partial charge < -0.3 is 0 Å². The number of hydrogen-bond acceptors (Lipinski definition) is 4. The average molecular weight is 311 g/mol. The molecular formula is C14H16Cl2N4. The van der Waals surface area contributed by atoms with Crippen molar-refractivity contribution in [3.05, 3.63) is 54.2 Å². The van der Waals surface area contributed by atoms with Crippen molar-refractivity contribution in [3.8, 4) is 0 Å². The average Bonchev–Trinajstić information content (AvgIpc) is 2.46. The molecule has 6 heteroatoms. The van der Waals surface area contributed by atoms with Crippen LogP contribution in [0.15, 0.2) is 53.7 Å². The van der Waals surface area contributed by atoms with Crippen molar-refractivity contribution in [2.24, 2.45) is 4.99 Å². The molecule has 4 nitrogen and oxygen atoms in total. The van der Waals surface area contributed by atoms with Crippen molar-refractivity contribution in [3.63, 3.8) is 0 Å². The van der Waals surface area contributed by atoms with E-state index in [0.717, 1.165) is 30.2 Å². The van der Waals surface area contributed by atoms with Crippen molar-refractivity contribution in [2.45, 2.75) is 12.8 Å². The van der Waals surface area contributed by atoms with Crippen LogP contribution in [0.1, 0.15) is 12.0 Å². The third-order valence-corrected chi connectivity index (χ3v) is 2.86. The number of halogens is 2. The summed E-state index contributed by atoms with van der Waals surface area (Å²) < 4.78 is 0. The molecule has 1 aliphatic heterocycles. The fourth-order valence-corrected chi connectivity index (χ4v) is 1.91. The standard InChI is InChI=1S/C14H14N4.2ClH/c1-2-5-11(6-3-1)8-9-13-16-12-7-4-10-15-14(12)18-17-13;;/h1-7,10H,8-9H2,(H,15,18)(H,16,17);2*1H. The molecule has 0 radical (unpaired) electrons. The fraction of sp³-hybridized carbons (Fsp3) is 0.143. The monoisotopic (exact) mass is 310 g/mol. The van der Waals surface area contributed by atoms with E-state index < -0.39 is 0 Å². The topological polar surface area (TPSA) is 49.3 Å². The van der Waals surface area contributed by atoms with E-state index in [0.29, 0.717) is 0 Å². The molecule has 0 bridgehead atoms. The molecule has 106 valence electrons. The minimum atomic E-state index is 0. The molecule has 0 spiro atoms. The van der Waals surface area contributed by atoms with Gasteiger partial charge in [-0.3, -0.25) is 10.9 Å². The fourth-order valence-electron chi connectivity index (χ4n) is 1.91. The molecule has 0 fully saturated rings. The van der Waals surface area contributed by atoms with E-state index in [1.54, 1.807) is 6.20 Å². The molecule has 0 aliphatic carbocycles. The summed E-state index contributed by atoms with van der Waals surface area (Å²) in [4.78, 5) is 8.73. The number of nitrogens with zero attached hydrogens (tertiary/aromatic N) is 2. The number of nitrogens with one attached hydrogen (secondary N) is 2. The van der Waals surface area contributed by atoms with Gasteiger partial charge in [-0.25, -0.2) is 9.98 Å². The lowest BCUT2D eigenvalue weighted by Gasteiger charge is -2.18. The van der Waals surface area contributed by atoms with Gasteiger partial charge in [0.1, 0.15) is 11.5 Å². The lowest BCUT2D eigenvalue weighted by atomic mass is 10.1. The molecule has 1 aromatic heterocycles. The number of aliphatic imine (C=N–C) groups is 1. The molecule has 0 unspecified atom stereocenters. The molecule has 0 atom stereocenters. The molecule has 2 heterocycles. The molecule has 0 saturated carbocycles. The second-order valence-electron chi connectivity index (χ2n) is 4.17. The first kappa shape index (κ1) is 16.3. The van der Waals surface area contributed by atoms with Crippen LogP contribution < -0.4 is 10.9 Å². The zero-order valence-corrected chi connectivity index (χ0v) is 12.4. The minimum absolute atomic E-state index is 0. The Hall–Kier alpha value is -1.78. The van der Waals surface area contributed by atoms with Crippen LogP contribution in [0, 0.1) is 0 Å². The Morgan fingerprint density at radius 3 is 2.45 bits per heavy atom. The maximum absolute atomic E-state index is 4.54. The van der Waals surface area contributed by atoms with Crippen LogP contribution in [0.2, 0.25) is 0 Å². The van der Waals surface area contributed by atoms with Crippen LogP contribution in [0.4, 0.5) is 11.5 Å². The first-order chi connectivity index (χ1) is 8.92. The van der Waals surface area contributed by atoms with E-state index in [4.69, 9.17) is 0 Å². The van der Waals surface area contributed by atoms with Crippen LogP contribution in [-0.2, 0) is 6.42 Å². The third-order valence-electron chi connectivity index (χ3n) is 2.86. The van der Waals surface area contributed by atoms with Crippen molar-refractivity contribution in [2.75, 3.05) is 5.43 Å². The van der Waals surface area contributed by atoms with Gasteiger partial charge in [-0.05, 0) is 24.1 Å². The molecule has 2 aromatic rings. The number of amidine groups is 1. The zero-order chi connectivity index (χ0) is 12.2. The molecule has 1 aromatic carbocycles. The van der Waals surface area contributed by atoms with Crippen LogP contribution in [0.3, 0.4) is 0 Å². The summed E-state index contributed by atoms with van der Waals surface area (Å²) in [5.41, 5.74) is 8.35. The maximum Gasteiger partial charge on any atom is 0.170 e. The summed E-state index contributed by atoms with van der Waals surface area (Å²) in [5, 5.41) is 0. The van der Waals surface area contributed by atoms with E-state index in [9.17, 15) is 0 Å². The Morgan fingerprint density at radius 2 is 1.65 bits per heavy atom. The number of pyridine rings is 1. The smallest absolute Gasteiger partial charge is 0.170 e. The van der Waals surface area contributed by atoms with Crippen molar-refractivity contribution >= 4 is 42.2 Å². The summed E-state index contributed by atoms with van der Waals surface area (Å²) >= 11 is 0. The molecule has 0 amide bonds. The van der Waals surface area contributed by atoms with Crippen molar-refractivity contribution in [1.29, 1.82) is 0 Å². The summed E-state index contributed by atoms with van der Waals surface area (Å²) in [6.45, 7) is 0. The van der Waals surface area contributed by atoms with Gasteiger partial charge in [0.05, 0.1) is 0 Å². The van der Waals surface area contributed by atoms with Crippen LogP contribution in [0.25, 0.3) is 0 Å². The Labute approximate surface area is 130 Å². The largest absolute Gasteiger partial charge is 0.286 e. The van der Waals surface area contributed by atoms with E-state index >= 15 is 0 Å². The quantitative estimate of drug-likeness (QED) is 0.912. The Bertz CT molecular complexity index is 572. The number of hydrogen-bond donors (Lipinski definition) is 2. The van der Waals surface area contributed by atoms with E-state index in [2.05, 4.69) is 45.1 Å². The predicted molar refractivity (Wildman–Crippen MR) is 87.3 cm³/mol. The highest BCUT2D eigenvalue weighted by Gasteiger charge is 2.10. The van der Waals surface area contributed by atoms with E-state index in [1.807, 2.05) is 18.2 Å². The lowest BCUT2D eigenvalue weighted by Crippen LogP contribution is -2.32. The minimum Gasteiger partial charge on any atom is -0.286 e. The Kier molecular flexibility index (Phi) is 6.28. The van der Waals surface area contributed by atoms with Gasteiger partial charge in [0.15, 0.2) is 5.82 Å². The molecule has 3 rings (SSSR count). The summed E-state index contributed by atoms with van der Waals surface area (Å²) in [5.74, 6) is 1.72. The number of fused-ring (bicyclic) bond motifs is 1. The number of hydrazine groups is 1. The predicted octanol–water partition coefficient (Wildman–Crippen LogP) is 3.52. The summed E-state index contributed by atoms with van der Waals surface area (Å²) in [6.07, 6.45) is 3.60. The number of benzene rings is 1. The van der Waals surface area contributed by atoms with Gasteiger partial charge in [0.25, 0.3) is 0 Å². The number of aromatic nitrogens is 1. The number of anilines is 1. The highest BCUT2D eigenvalue weighted by Crippen LogP contribution is 2.23. The van der Waals surface area contributed by atoms with Crippen LogP contribution in [0.5, 0.6) is 0 Å². The van der Waals surface area contributed by atoms with Crippen molar-refractivity contribution < 1.29 is 0 Å². The van der Waals surface area contributed by atoms with Gasteiger partial charge in [0.2, 0.25) is 0 Å². The third kappa shape index (κ3) is 3.85. The molecule has 1 aliphatic rings. The molecule has 0 saturated heterocycles. The van der Waals surface area contributed by atoms with Gasteiger partial charge in [0, 0.05) is 12.6 Å². The zero-order valence-electron chi connectivity index (χ0n) is 10.7. The second kappa shape index (κ2) is 7.72. The molecular weight excluding hydrogens is 295 g/mol. The SMILES string of the molecule is Cl.Cl.c1ccc(CCC2=Nc3cccnc3NN2)cc1. The lowest BCUT2D eigenvalue weighted by molar-refractivity contribution is 0.944. The van der Waals surface area contributed by atoms with Crippen LogP contribution >= 0.6 is 24.8 Å². The van der Waals surface area contributed by atoms with E-state index in [-0.39, 0.29) is 24.8 Å². The number of aryl methyl sites for hydroxylation is 1. The first-order valence-corrected chi connectivity index (χ1v) is 6.00. The van der Waals surface area contributed by atoms with Gasteiger partial charge in [-0.15, -0.1) is 24.8 Å². The van der Waals surface area contributed by atoms with Gasteiger partial charge in [-0.2, -0.15) is 0 Å². The van der Waals surface area contributed by atoms with Crippen LogP contribution in [-0.4, -0.2) is 10.8 Å². The summed E-state index contributed by atoms with van der Waals surface area (Å²) in [7, 11) is 0. The normalized spacial score (nSPS) is 11.7.